The van der Waals surface area contributed by atoms with Crippen LogP contribution in [0.4, 0.5) is 4.39 Å². The Morgan fingerprint density at radius 2 is 1.76 bits per heavy atom. The topological polar surface area (TPSA) is 60.2 Å². The van der Waals surface area contributed by atoms with Crippen LogP contribution < -0.4 is 5.14 Å². The molecule has 0 aliphatic rings. The summed E-state index contributed by atoms with van der Waals surface area (Å²) in [6.07, 6.45) is 0. The van der Waals surface area contributed by atoms with E-state index in [1.165, 1.54) is 36.4 Å². The Kier molecular flexibility index (Phi) is 2.95. The second-order valence-electron chi connectivity index (χ2n) is 3.46. The van der Waals surface area contributed by atoms with Crippen molar-refractivity contribution in [3.8, 4) is 11.1 Å². The number of hydrogen-bond donors (Lipinski definition) is 1. The van der Waals surface area contributed by atoms with E-state index in [-0.39, 0.29) is 4.90 Å². The van der Waals surface area contributed by atoms with Crippen LogP contribution in [-0.4, -0.2) is 8.42 Å². The van der Waals surface area contributed by atoms with E-state index in [4.69, 9.17) is 5.14 Å². The van der Waals surface area contributed by atoms with Crippen LogP contribution in [-0.2, 0) is 10.0 Å². The highest BCUT2D eigenvalue weighted by molar-refractivity contribution is 7.89. The molecule has 0 atom stereocenters. The zero-order valence-electron chi connectivity index (χ0n) is 8.72. The normalized spacial score (nSPS) is 11.4. The summed E-state index contributed by atoms with van der Waals surface area (Å²) in [4.78, 5) is -0.00223. The molecule has 0 unspecified atom stereocenters. The predicted molar refractivity (Wildman–Crippen MR) is 62.0 cm³/mol. The Balaban J connectivity index is 2.47. The van der Waals surface area contributed by atoms with Gasteiger partial charge in [-0.05, 0) is 29.8 Å². The van der Waals surface area contributed by atoms with Gasteiger partial charge >= 0.3 is 0 Å². The third-order valence-corrected chi connectivity index (χ3v) is 3.21. The average molecular weight is 250 g/mol. The molecule has 2 aromatic rings. The summed E-state index contributed by atoms with van der Waals surface area (Å²) >= 11 is 0. The first-order chi connectivity index (χ1) is 7.98. The molecule has 3 nitrogen and oxygen atoms in total. The van der Waals surface area contributed by atoms with E-state index >= 15 is 0 Å². The maximum atomic E-state index is 13.4. The van der Waals surface area contributed by atoms with E-state index in [1.54, 1.807) is 6.07 Å². The number of hydrogen-bond acceptors (Lipinski definition) is 2. The van der Waals surface area contributed by atoms with Crippen LogP contribution in [0.1, 0.15) is 0 Å². The molecule has 0 aliphatic carbocycles. The first kappa shape index (κ1) is 11.8. The van der Waals surface area contributed by atoms with Crippen molar-refractivity contribution in [3.05, 3.63) is 54.3 Å². The first-order valence-electron chi connectivity index (χ1n) is 4.78. The molecule has 0 aliphatic heterocycles. The lowest BCUT2D eigenvalue weighted by Gasteiger charge is -2.03. The fourth-order valence-electron chi connectivity index (χ4n) is 1.45. The van der Waals surface area contributed by atoms with Crippen LogP contribution in [0.15, 0.2) is 47.4 Å². The van der Waals surface area contributed by atoms with Gasteiger partial charge in [0.25, 0.3) is 0 Å². The van der Waals surface area contributed by atoms with E-state index in [9.17, 15) is 12.8 Å². The van der Waals surface area contributed by atoms with Gasteiger partial charge in [-0.2, -0.15) is 0 Å². The summed E-state index contributed by atoms with van der Waals surface area (Å²) < 4.78 is 35.5. The third-order valence-electron chi connectivity index (χ3n) is 2.28. The summed E-state index contributed by atoms with van der Waals surface area (Å²) in [6.45, 7) is 0. The molecule has 87 valence electrons. The molecule has 0 aromatic heterocycles. The molecule has 17 heavy (non-hydrogen) atoms. The van der Waals surface area contributed by atoms with E-state index in [0.717, 1.165) is 0 Å². The van der Waals surface area contributed by atoms with Crippen LogP contribution in [0.2, 0.25) is 0 Å². The van der Waals surface area contributed by atoms with Gasteiger partial charge in [0.15, 0.2) is 0 Å². The van der Waals surface area contributed by atoms with Gasteiger partial charge in [-0.15, -0.1) is 0 Å². The molecular weight excluding hydrogens is 241 g/mol. The van der Waals surface area contributed by atoms with Crippen molar-refractivity contribution in [2.45, 2.75) is 4.90 Å². The molecule has 0 heterocycles. The predicted octanol–water partition coefficient (Wildman–Crippen LogP) is 1.94. The van der Waals surface area contributed by atoms with Gasteiger partial charge in [0, 0.05) is 5.56 Å². The van der Waals surface area contributed by atoms with Crippen molar-refractivity contribution in [1.29, 1.82) is 0 Å². The molecular formula is C12H9FNO2S. The molecule has 0 saturated carbocycles. The first-order valence-corrected chi connectivity index (χ1v) is 6.32. The number of rotatable bonds is 2. The summed E-state index contributed by atoms with van der Waals surface area (Å²) in [7, 11) is -3.72. The second-order valence-corrected chi connectivity index (χ2v) is 5.02. The minimum absolute atomic E-state index is 0.00223. The molecule has 1 radical (unpaired) electrons. The van der Waals surface area contributed by atoms with Gasteiger partial charge in [-0.25, -0.2) is 17.9 Å². The lowest BCUT2D eigenvalue weighted by Crippen LogP contribution is -2.11. The summed E-state index contributed by atoms with van der Waals surface area (Å²) in [5, 5.41) is 4.97. The van der Waals surface area contributed by atoms with Crippen molar-refractivity contribution in [3.63, 3.8) is 0 Å². The molecule has 2 rings (SSSR count). The molecule has 0 amide bonds. The quantitative estimate of drug-likeness (QED) is 0.885. The molecule has 2 aromatic carbocycles. The highest BCUT2D eigenvalue weighted by atomic mass is 32.2. The Labute approximate surface area is 98.8 Å². The minimum Gasteiger partial charge on any atom is -0.225 e. The average Bonchev–Trinajstić information content (AvgIpc) is 2.29. The van der Waals surface area contributed by atoms with Gasteiger partial charge in [0.2, 0.25) is 10.0 Å². The Morgan fingerprint density at radius 3 is 2.29 bits per heavy atom. The maximum Gasteiger partial charge on any atom is 0.238 e. The highest BCUT2D eigenvalue weighted by Crippen LogP contribution is 2.22. The smallest absolute Gasteiger partial charge is 0.225 e. The number of benzene rings is 2. The van der Waals surface area contributed by atoms with Crippen molar-refractivity contribution < 1.29 is 12.8 Å². The Hall–Kier alpha value is -1.72. The van der Waals surface area contributed by atoms with Gasteiger partial charge in [0.1, 0.15) is 5.82 Å². The van der Waals surface area contributed by atoms with Crippen molar-refractivity contribution in [2.75, 3.05) is 0 Å². The van der Waals surface area contributed by atoms with Gasteiger partial charge < -0.3 is 0 Å². The van der Waals surface area contributed by atoms with Crippen molar-refractivity contribution >= 4 is 10.0 Å². The van der Waals surface area contributed by atoms with Gasteiger partial charge in [-0.1, -0.05) is 24.3 Å². The van der Waals surface area contributed by atoms with Crippen LogP contribution in [0.5, 0.6) is 0 Å². The van der Waals surface area contributed by atoms with E-state index in [0.29, 0.717) is 11.1 Å². The van der Waals surface area contributed by atoms with Gasteiger partial charge in [-0.3, -0.25) is 0 Å². The summed E-state index contributed by atoms with van der Waals surface area (Å²) in [5.41, 5.74) is 0.851. The van der Waals surface area contributed by atoms with Crippen LogP contribution in [0.3, 0.4) is 0 Å². The number of nitrogens with two attached hydrogens (primary N) is 1. The van der Waals surface area contributed by atoms with Crippen LogP contribution >= 0.6 is 0 Å². The lowest BCUT2D eigenvalue weighted by molar-refractivity contribution is 0.598. The summed E-state index contributed by atoms with van der Waals surface area (Å²) in [5.74, 6) is -0.407. The standard InChI is InChI=1S/C12H9FNO2S/c13-12-4-2-1-3-11(12)9-5-7-10(8-6-9)17(14,15)16/h1-2,4-8H,(H2,14,15,16). The third kappa shape index (κ3) is 2.51. The zero-order chi connectivity index (χ0) is 12.5. The second kappa shape index (κ2) is 4.27. The Bertz CT molecular complexity index is 636. The molecule has 0 fully saturated rings. The minimum atomic E-state index is -3.72. The largest absolute Gasteiger partial charge is 0.238 e. The van der Waals surface area contributed by atoms with Gasteiger partial charge in [0.05, 0.1) is 4.90 Å². The molecule has 2 N–H and O–H groups in total. The van der Waals surface area contributed by atoms with Crippen LogP contribution in [0.25, 0.3) is 11.1 Å². The van der Waals surface area contributed by atoms with E-state index in [1.807, 2.05) is 0 Å². The zero-order valence-corrected chi connectivity index (χ0v) is 9.54. The molecule has 5 heteroatoms. The highest BCUT2D eigenvalue weighted by Gasteiger charge is 2.09. The number of sulfonamides is 1. The number of halogens is 1. The van der Waals surface area contributed by atoms with E-state index < -0.39 is 15.8 Å². The number of primary sulfonamides is 1. The molecule has 0 bridgehead atoms. The SMILES string of the molecule is NS(=O)(=O)c1ccc(-c2[c]cccc2F)cc1. The molecule has 0 saturated heterocycles. The fraction of sp³-hybridized carbons (Fsp3) is 0. The maximum absolute atomic E-state index is 13.4. The van der Waals surface area contributed by atoms with Crippen molar-refractivity contribution in [2.24, 2.45) is 5.14 Å². The Morgan fingerprint density at radius 1 is 1.12 bits per heavy atom. The van der Waals surface area contributed by atoms with Crippen LogP contribution in [0, 0.1) is 11.9 Å². The monoisotopic (exact) mass is 250 g/mol. The van der Waals surface area contributed by atoms with Crippen molar-refractivity contribution in [1.82, 2.24) is 0 Å². The fourth-order valence-corrected chi connectivity index (χ4v) is 1.96. The van der Waals surface area contributed by atoms with E-state index in [2.05, 4.69) is 6.07 Å². The lowest BCUT2D eigenvalue weighted by atomic mass is 10.1. The molecule has 0 spiro atoms. The summed E-state index contributed by atoms with van der Waals surface area (Å²) in [6, 6.07) is 12.9.